The highest BCUT2D eigenvalue weighted by molar-refractivity contribution is 7.89. The number of rotatable bonds is 5. The molecular weight excluding hydrogens is 366 g/mol. The summed E-state index contributed by atoms with van der Waals surface area (Å²) >= 11 is 1.04. The van der Waals surface area contributed by atoms with E-state index in [1.807, 2.05) is 0 Å². The Morgan fingerprint density at radius 3 is 2.84 bits per heavy atom. The number of carbonyl (C=O) groups is 1. The Morgan fingerprint density at radius 1 is 1.36 bits per heavy atom. The number of hydrogen-bond acceptors (Lipinski definition) is 8. The largest absolute Gasteiger partial charge is 0.465 e. The van der Waals surface area contributed by atoms with Crippen molar-refractivity contribution >= 4 is 27.3 Å². The molecule has 0 saturated carbocycles. The highest BCUT2D eigenvalue weighted by Crippen LogP contribution is 2.28. The van der Waals surface area contributed by atoms with Gasteiger partial charge in [-0.05, 0) is 30.4 Å². The quantitative estimate of drug-likeness (QED) is 0.723. The summed E-state index contributed by atoms with van der Waals surface area (Å²) in [7, 11) is -2.58. The molecule has 1 unspecified atom stereocenters. The van der Waals surface area contributed by atoms with Gasteiger partial charge in [-0.15, -0.1) is 11.3 Å². The first-order valence-electron chi connectivity index (χ1n) is 7.62. The van der Waals surface area contributed by atoms with Crippen molar-refractivity contribution < 1.29 is 22.7 Å². The number of methoxy groups -OCH3 is 1. The number of ether oxygens (including phenoxy) is 2. The summed E-state index contributed by atoms with van der Waals surface area (Å²) in [5.74, 6) is -0.656. The summed E-state index contributed by atoms with van der Waals surface area (Å²) in [5, 5.41) is 1.56. The summed E-state index contributed by atoms with van der Waals surface area (Å²) in [4.78, 5) is 19.8. The Morgan fingerprint density at radius 2 is 2.12 bits per heavy atom. The van der Waals surface area contributed by atoms with E-state index in [0.29, 0.717) is 19.4 Å². The van der Waals surface area contributed by atoms with Gasteiger partial charge in [0.15, 0.2) is 0 Å². The Hall–Kier alpha value is -2.04. The zero-order chi connectivity index (χ0) is 17.9. The first kappa shape index (κ1) is 17.8. The lowest BCUT2D eigenvalue weighted by atomic mass is 10.1. The van der Waals surface area contributed by atoms with Crippen molar-refractivity contribution in [2.24, 2.45) is 0 Å². The lowest BCUT2D eigenvalue weighted by molar-refractivity contribution is 0.0602. The van der Waals surface area contributed by atoms with E-state index >= 15 is 0 Å². The Balaban J connectivity index is 1.78. The second kappa shape index (κ2) is 7.46. The van der Waals surface area contributed by atoms with Crippen LogP contribution in [0.3, 0.4) is 0 Å². The lowest BCUT2D eigenvalue weighted by Gasteiger charge is -2.31. The van der Waals surface area contributed by atoms with E-state index in [4.69, 9.17) is 4.74 Å². The van der Waals surface area contributed by atoms with Crippen molar-refractivity contribution in [1.82, 2.24) is 14.3 Å². The number of aromatic nitrogens is 2. The van der Waals surface area contributed by atoms with Crippen LogP contribution in [0, 0.1) is 0 Å². The summed E-state index contributed by atoms with van der Waals surface area (Å²) in [6, 6.07) is 3.32. The lowest BCUT2D eigenvalue weighted by Crippen LogP contribution is -2.44. The Bertz CT molecular complexity index is 838. The molecule has 1 atom stereocenters. The molecule has 2 aromatic rings. The molecule has 8 nitrogen and oxygen atoms in total. The Labute approximate surface area is 149 Å². The second-order valence-electron chi connectivity index (χ2n) is 5.38. The molecule has 25 heavy (non-hydrogen) atoms. The van der Waals surface area contributed by atoms with Crippen molar-refractivity contribution in [3.8, 4) is 6.01 Å². The minimum atomic E-state index is -3.81. The van der Waals surface area contributed by atoms with Crippen LogP contribution in [0.4, 0.5) is 0 Å². The number of hydrogen-bond donors (Lipinski definition) is 0. The van der Waals surface area contributed by atoms with E-state index in [0.717, 1.165) is 11.3 Å². The van der Waals surface area contributed by atoms with Crippen molar-refractivity contribution in [1.29, 1.82) is 0 Å². The highest BCUT2D eigenvalue weighted by Gasteiger charge is 2.34. The molecule has 0 aliphatic carbocycles. The van der Waals surface area contributed by atoms with Crippen molar-refractivity contribution in [2.45, 2.75) is 23.8 Å². The van der Waals surface area contributed by atoms with Crippen molar-refractivity contribution in [3.63, 3.8) is 0 Å². The fraction of sp³-hybridized carbons (Fsp3) is 0.400. The maximum atomic E-state index is 12.9. The highest BCUT2D eigenvalue weighted by atomic mass is 32.2. The van der Waals surface area contributed by atoms with Crippen LogP contribution in [-0.2, 0) is 14.8 Å². The van der Waals surface area contributed by atoms with Gasteiger partial charge in [-0.3, -0.25) is 0 Å². The van der Waals surface area contributed by atoms with Gasteiger partial charge in [-0.1, -0.05) is 0 Å². The normalized spacial score (nSPS) is 18.7. The zero-order valence-corrected chi connectivity index (χ0v) is 15.1. The number of nitrogens with zero attached hydrogens (tertiary/aromatic N) is 3. The number of sulfonamides is 1. The first-order chi connectivity index (χ1) is 12.0. The molecule has 1 saturated heterocycles. The van der Waals surface area contributed by atoms with E-state index in [9.17, 15) is 13.2 Å². The molecule has 1 fully saturated rings. The van der Waals surface area contributed by atoms with Crippen LogP contribution in [0.5, 0.6) is 6.01 Å². The van der Waals surface area contributed by atoms with Gasteiger partial charge in [0, 0.05) is 18.9 Å². The predicted molar refractivity (Wildman–Crippen MR) is 90.1 cm³/mol. The van der Waals surface area contributed by atoms with E-state index < -0.39 is 16.0 Å². The maximum absolute atomic E-state index is 12.9. The van der Waals surface area contributed by atoms with E-state index in [-0.39, 0.29) is 28.4 Å². The average molecular weight is 383 g/mol. The van der Waals surface area contributed by atoms with Crippen molar-refractivity contribution in [2.75, 3.05) is 20.2 Å². The molecule has 0 aromatic carbocycles. The summed E-state index contributed by atoms with van der Waals surface area (Å²) in [6.07, 6.45) is 4.14. The zero-order valence-electron chi connectivity index (χ0n) is 13.5. The number of thiophene rings is 1. The van der Waals surface area contributed by atoms with Gasteiger partial charge in [0.2, 0.25) is 10.0 Å². The third-order valence-electron chi connectivity index (χ3n) is 3.77. The number of carbonyl (C=O) groups excluding carboxylic acids is 1. The molecule has 1 aliphatic heterocycles. The monoisotopic (exact) mass is 383 g/mol. The average Bonchev–Trinajstić information content (AvgIpc) is 3.13. The predicted octanol–water partition coefficient (Wildman–Crippen LogP) is 1.56. The molecule has 134 valence electrons. The van der Waals surface area contributed by atoms with Gasteiger partial charge < -0.3 is 9.47 Å². The minimum Gasteiger partial charge on any atom is -0.465 e. The fourth-order valence-corrected chi connectivity index (χ4v) is 5.41. The molecule has 3 heterocycles. The van der Waals surface area contributed by atoms with Gasteiger partial charge in [-0.2, -0.15) is 4.31 Å². The third-order valence-corrected chi connectivity index (χ3v) is 6.70. The smallest absolute Gasteiger partial charge is 0.349 e. The maximum Gasteiger partial charge on any atom is 0.349 e. The molecule has 0 amide bonds. The topological polar surface area (TPSA) is 98.7 Å². The third kappa shape index (κ3) is 3.80. The molecule has 0 spiro atoms. The van der Waals surface area contributed by atoms with Gasteiger partial charge in [0.05, 0.1) is 13.7 Å². The summed E-state index contributed by atoms with van der Waals surface area (Å²) < 4.78 is 37.5. The van der Waals surface area contributed by atoms with Crippen LogP contribution in [0.1, 0.15) is 22.5 Å². The minimum absolute atomic E-state index is 0.0269. The molecule has 0 radical (unpaired) electrons. The molecular formula is C15H17N3O5S2. The van der Waals surface area contributed by atoms with Gasteiger partial charge in [0.1, 0.15) is 15.9 Å². The van der Waals surface area contributed by atoms with Gasteiger partial charge in [0.25, 0.3) is 0 Å². The molecule has 1 aliphatic rings. The van der Waals surface area contributed by atoms with E-state index in [1.54, 1.807) is 23.8 Å². The Kier molecular flexibility index (Phi) is 5.30. The van der Waals surface area contributed by atoms with Crippen LogP contribution in [0.15, 0.2) is 34.8 Å². The van der Waals surface area contributed by atoms with Gasteiger partial charge in [-0.25, -0.2) is 23.2 Å². The second-order valence-corrected chi connectivity index (χ2v) is 8.20. The molecule has 3 rings (SSSR count). The van der Waals surface area contributed by atoms with Crippen LogP contribution in [-0.4, -0.2) is 55.0 Å². The summed E-state index contributed by atoms with van der Waals surface area (Å²) in [5.41, 5.74) is 0. The van der Waals surface area contributed by atoms with Crippen LogP contribution < -0.4 is 4.74 Å². The molecule has 10 heteroatoms. The molecule has 0 N–H and O–H groups in total. The van der Waals surface area contributed by atoms with Crippen LogP contribution in [0.25, 0.3) is 0 Å². The molecule has 2 aromatic heterocycles. The number of esters is 1. The SMILES string of the molecule is COC(=O)c1sccc1S(=O)(=O)N1CCCC(Oc2ncccn2)C1. The van der Waals surface area contributed by atoms with Crippen LogP contribution >= 0.6 is 11.3 Å². The van der Waals surface area contributed by atoms with E-state index in [1.165, 1.54) is 17.5 Å². The first-order valence-corrected chi connectivity index (χ1v) is 9.94. The standard InChI is InChI=1S/C15H17N3O5S2/c1-22-14(19)13-12(5-9-24-13)25(20,21)18-8-2-4-11(10-18)23-15-16-6-3-7-17-15/h3,5-7,9,11H,2,4,8,10H2,1H3. The summed E-state index contributed by atoms with van der Waals surface area (Å²) in [6.45, 7) is 0.547. The number of piperidine rings is 1. The van der Waals surface area contributed by atoms with Gasteiger partial charge >= 0.3 is 12.0 Å². The van der Waals surface area contributed by atoms with Crippen molar-refractivity contribution in [3.05, 3.63) is 34.8 Å². The molecule has 0 bridgehead atoms. The van der Waals surface area contributed by atoms with Crippen LogP contribution in [0.2, 0.25) is 0 Å². The fourth-order valence-electron chi connectivity index (χ4n) is 2.60. The van der Waals surface area contributed by atoms with E-state index in [2.05, 4.69) is 14.7 Å².